The van der Waals surface area contributed by atoms with Crippen molar-refractivity contribution in [3.8, 4) is 5.75 Å². The van der Waals surface area contributed by atoms with Crippen molar-refractivity contribution < 1.29 is 22.7 Å². The molecular formula is C13H18ClF3N2O2. The molecule has 0 spiro atoms. The first-order chi connectivity index (χ1) is 9.32. The normalized spacial score (nSPS) is 12.2. The van der Waals surface area contributed by atoms with Crippen molar-refractivity contribution in [1.82, 2.24) is 5.32 Å². The van der Waals surface area contributed by atoms with E-state index in [0.717, 1.165) is 12.1 Å². The molecule has 4 nitrogen and oxygen atoms in total. The van der Waals surface area contributed by atoms with Gasteiger partial charge in [-0.1, -0.05) is 13.0 Å². The molecule has 0 saturated carbocycles. The fourth-order valence-electron chi connectivity index (χ4n) is 1.33. The highest BCUT2D eigenvalue weighted by Crippen LogP contribution is 2.31. The average molecular weight is 327 g/mol. The minimum Gasteiger partial charge on any atom is -0.484 e. The van der Waals surface area contributed by atoms with Crippen LogP contribution in [-0.4, -0.2) is 25.6 Å². The summed E-state index contributed by atoms with van der Waals surface area (Å²) in [6.45, 7) is 2.38. The number of ether oxygens (including phenoxy) is 1. The van der Waals surface area contributed by atoms with Crippen LogP contribution in [0.5, 0.6) is 5.75 Å². The lowest BCUT2D eigenvalue weighted by Gasteiger charge is -2.12. The fraction of sp³-hybridized carbons (Fsp3) is 0.462. The molecule has 0 aliphatic rings. The van der Waals surface area contributed by atoms with E-state index in [-0.39, 0.29) is 30.7 Å². The van der Waals surface area contributed by atoms with Crippen LogP contribution in [-0.2, 0) is 11.0 Å². The molecule has 0 aromatic heterocycles. The molecule has 0 aliphatic carbocycles. The molecule has 0 bridgehead atoms. The number of hydrogen-bond acceptors (Lipinski definition) is 3. The van der Waals surface area contributed by atoms with Crippen molar-refractivity contribution in [3.05, 3.63) is 29.8 Å². The maximum Gasteiger partial charge on any atom is 0.416 e. The number of rotatable bonds is 6. The molecule has 1 unspecified atom stereocenters. The van der Waals surface area contributed by atoms with E-state index < -0.39 is 17.6 Å². The highest BCUT2D eigenvalue weighted by atomic mass is 35.5. The van der Waals surface area contributed by atoms with Crippen molar-refractivity contribution in [1.29, 1.82) is 0 Å². The SMILES string of the molecule is CC(CN)CNC(=O)COc1cccc(C(F)(F)F)c1.Cl. The first-order valence-electron chi connectivity index (χ1n) is 6.09. The third-order valence-corrected chi connectivity index (χ3v) is 2.58. The van der Waals surface area contributed by atoms with Crippen LogP contribution in [0, 0.1) is 5.92 Å². The third-order valence-electron chi connectivity index (χ3n) is 2.58. The van der Waals surface area contributed by atoms with Gasteiger partial charge in [0.1, 0.15) is 5.75 Å². The second-order valence-corrected chi connectivity index (χ2v) is 4.46. The van der Waals surface area contributed by atoms with Crippen LogP contribution in [0.4, 0.5) is 13.2 Å². The molecule has 3 N–H and O–H groups in total. The summed E-state index contributed by atoms with van der Waals surface area (Å²) in [5, 5.41) is 2.58. The minimum absolute atomic E-state index is 0. The van der Waals surface area contributed by atoms with E-state index in [1.54, 1.807) is 0 Å². The van der Waals surface area contributed by atoms with Crippen molar-refractivity contribution in [2.24, 2.45) is 11.7 Å². The number of amides is 1. The van der Waals surface area contributed by atoms with E-state index in [0.29, 0.717) is 13.1 Å². The number of alkyl halides is 3. The first-order valence-corrected chi connectivity index (χ1v) is 6.09. The number of hydrogen-bond donors (Lipinski definition) is 2. The number of nitrogens with two attached hydrogens (primary N) is 1. The average Bonchev–Trinajstić information content (AvgIpc) is 2.41. The largest absolute Gasteiger partial charge is 0.484 e. The topological polar surface area (TPSA) is 64.3 Å². The molecule has 0 aliphatic heterocycles. The first kappa shape index (κ1) is 19.5. The molecule has 21 heavy (non-hydrogen) atoms. The van der Waals surface area contributed by atoms with E-state index in [9.17, 15) is 18.0 Å². The van der Waals surface area contributed by atoms with E-state index in [2.05, 4.69) is 5.32 Å². The van der Waals surface area contributed by atoms with E-state index in [1.807, 2.05) is 6.92 Å². The molecule has 1 rings (SSSR count). The lowest BCUT2D eigenvalue weighted by atomic mass is 10.2. The van der Waals surface area contributed by atoms with Gasteiger partial charge in [0.15, 0.2) is 6.61 Å². The van der Waals surface area contributed by atoms with Gasteiger partial charge in [0.2, 0.25) is 0 Å². The van der Waals surface area contributed by atoms with Gasteiger partial charge in [-0.3, -0.25) is 4.79 Å². The number of benzene rings is 1. The summed E-state index contributed by atoms with van der Waals surface area (Å²) in [5.74, 6) is -0.267. The molecule has 8 heteroatoms. The predicted molar refractivity (Wildman–Crippen MR) is 75.4 cm³/mol. The fourth-order valence-corrected chi connectivity index (χ4v) is 1.33. The molecule has 1 atom stereocenters. The van der Waals surface area contributed by atoms with Crippen LogP contribution in [0.2, 0.25) is 0 Å². The molecular weight excluding hydrogens is 309 g/mol. The highest BCUT2D eigenvalue weighted by Gasteiger charge is 2.30. The van der Waals surface area contributed by atoms with E-state index >= 15 is 0 Å². The Morgan fingerprint density at radius 2 is 2.10 bits per heavy atom. The van der Waals surface area contributed by atoms with Gasteiger partial charge in [0.05, 0.1) is 5.56 Å². The zero-order valence-electron chi connectivity index (χ0n) is 11.4. The Kier molecular flexibility index (Phi) is 8.12. The molecule has 1 aromatic rings. The van der Waals surface area contributed by atoms with Crippen molar-refractivity contribution in [2.75, 3.05) is 19.7 Å². The van der Waals surface area contributed by atoms with Gasteiger partial charge in [-0.25, -0.2) is 0 Å². The maximum absolute atomic E-state index is 12.5. The zero-order valence-corrected chi connectivity index (χ0v) is 12.3. The van der Waals surface area contributed by atoms with Crippen LogP contribution in [0.15, 0.2) is 24.3 Å². The van der Waals surface area contributed by atoms with E-state index in [4.69, 9.17) is 10.5 Å². The highest BCUT2D eigenvalue weighted by molar-refractivity contribution is 5.85. The lowest BCUT2D eigenvalue weighted by Crippen LogP contribution is -2.34. The summed E-state index contributed by atoms with van der Waals surface area (Å²) in [4.78, 5) is 11.4. The summed E-state index contributed by atoms with van der Waals surface area (Å²) in [6.07, 6.45) is -4.43. The smallest absolute Gasteiger partial charge is 0.416 e. The third kappa shape index (κ3) is 7.19. The van der Waals surface area contributed by atoms with Crippen LogP contribution in [0.3, 0.4) is 0 Å². The van der Waals surface area contributed by atoms with Crippen LogP contribution in [0.1, 0.15) is 12.5 Å². The van der Waals surface area contributed by atoms with Gasteiger partial charge in [0.25, 0.3) is 5.91 Å². The Hall–Kier alpha value is -1.47. The number of halogens is 4. The standard InChI is InChI=1S/C13H17F3N2O2.ClH/c1-9(6-17)7-18-12(19)8-20-11-4-2-3-10(5-11)13(14,15)16;/h2-5,9H,6-8,17H2,1H3,(H,18,19);1H. The van der Waals surface area contributed by atoms with Gasteiger partial charge in [-0.2, -0.15) is 13.2 Å². The Labute approximate surface area is 127 Å². The predicted octanol–water partition coefficient (Wildman–Crippen LogP) is 2.22. The second kappa shape index (κ2) is 8.74. The summed E-state index contributed by atoms with van der Waals surface area (Å²) in [6, 6.07) is 4.39. The Balaban J connectivity index is 0.00000400. The minimum atomic E-state index is -4.43. The van der Waals surface area contributed by atoms with Gasteiger partial charge in [-0.05, 0) is 30.7 Å². The molecule has 1 aromatic carbocycles. The maximum atomic E-state index is 12.5. The summed E-state index contributed by atoms with van der Waals surface area (Å²) in [7, 11) is 0. The van der Waals surface area contributed by atoms with Crippen molar-refractivity contribution in [3.63, 3.8) is 0 Å². The van der Waals surface area contributed by atoms with Gasteiger partial charge in [0, 0.05) is 6.54 Å². The summed E-state index contributed by atoms with van der Waals surface area (Å²) >= 11 is 0. The van der Waals surface area contributed by atoms with Crippen molar-refractivity contribution in [2.45, 2.75) is 13.1 Å². The molecule has 0 radical (unpaired) electrons. The Morgan fingerprint density at radius 1 is 1.43 bits per heavy atom. The quantitative estimate of drug-likeness (QED) is 0.842. The number of carbonyl (C=O) groups is 1. The van der Waals surface area contributed by atoms with Gasteiger partial charge in [-0.15, -0.1) is 12.4 Å². The summed E-state index contributed by atoms with van der Waals surface area (Å²) < 4.78 is 42.4. The van der Waals surface area contributed by atoms with Crippen LogP contribution >= 0.6 is 12.4 Å². The lowest BCUT2D eigenvalue weighted by molar-refractivity contribution is -0.137. The molecule has 1 amide bonds. The van der Waals surface area contributed by atoms with Crippen LogP contribution < -0.4 is 15.8 Å². The van der Waals surface area contributed by atoms with Crippen LogP contribution in [0.25, 0.3) is 0 Å². The molecule has 0 heterocycles. The zero-order chi connectivity index (χ0) is 15.2. The summed E-state index contributed by atoms with van der Waals surface area (Å²) in [5.41, 5.74) is 4.58. The molecule has 120 valence electrons. The van der Waals surface area contributed by atoms with E-state index in [1.165, 1.54) is 12.1 Å². The molecule has 0 saturated heterocycles. The van der Waals surface area contributed by atoms with Crippen molar-refractivity contribution >= 4 is 18.3 Å². The Morgan fingerprint density at radius 3 is 2.67 bits per heavy atom. The van der Waals surface area contributed by atoms with Gasteiger partial charge < -0.3 is 15.8 Å². The molecule has 0 fully saturated rings. The Bertz CT molecular complexity index is 455. The number of nitrogens with one attached hydrogen (secondary N) is 1. The second-order valence-electron chi connectivity index (χ2n) is 4.46. The van der Waals surface area contributed by atoms with Gasteiger partial charge >= 0.3 is 6.18 Å². The number of carbonyl (C=O) groups excluding carboxylic acids is 1. The monoisotopic (exact) mass is 326 g/mol.